The normalized spacial score (nSPS) is 15.2. The third kappa shape index (κ3) is 5.97. The molecule has 0 aromatic carbocycles. The monoisotopic (exact) mass is 412 g/mol. The van der Waals surface area contributed by atoms with Gasteiger partial charge in [0.2, 0.25) is 0 Å². The van der Waals surface area contributed by atoms with Gasteiger partial charge in [-0.2, -0.15) is 0 Å². The highest BCUT2D eigenvalue weighted by atomic mass is 16.5. The van der Waals surface area contributed by atoms with Gasteiger partial charge >= 0.3 is 0 Å². The molecule has 1 saturated heterocycles. The summed E-state index contributed by atoms with van der Waals surface area (Å²) in [5, 5.41) is 10.9. The Kier molecular flexibility index (Phi) is 8.53. The number of hydrogen-bond donors (Lipinski definition) is 2. The van der Waals surface area contributed by atoms with Gasteiger partial charge in [-0.05, 0) is 37.8 Å². The van der Waals surface area contributed by atoms with Crippen molar-refractivity contribution in [2.75, 3.05) is 24.5 Å². The number of pyridine rings is 1. The average molecular weight is 413 g/mol. The fourth-order valence-electron chi connectivity index (χ4n) is 3.82. The van der Waals surface area contributed by atoms with Crippen LogP contribution in [0.2, 0.25) is 0 Å². The number of hydrogen-bond acceptors (Lipinski definition) is 5. The molecule has 30 heavy (non-hydrogen) atoms. The molecule has 7 nitrogen and oxygen atoms in total. The fraction of sp³-hybridized carbons (Fsp3) is 0.609. The largest absolute Gasteiger partial charge is 0.361 e. The standard InChI is InChI=1S/C23H36N6O/c1-4-20-19(21(5-2)30-28-20)17-27-23(24-6-3)26-16-18-11-12-22(25-15-18)29-13-9-7-8-10-14-29/h11-12,15H,4-10,13-14,16-17H2,1-3H3,(H2,24,26,27). The average Bonchev–Trinajstić information content (AvgIpc) is 2.98. The van der Waals surface area contributed by atoms with E-state index in [0.717, 1.165) is 66.8 Å². The molecular weight excluding hydrogens is 376 g/mol. The third-order valence-electron chi connectivity index (χ3n) is 5.54. The molecule has 0 radical (unpaired) electrons. The first-order valence-electron chi connectivity index (χ1n) is 11.4. The van der Waals surface area contributed by atoms with Crippen molar-refractivity contribution in [3.8, 4) is 0 Å². The minimum absolute atomic E-state index is 0.591. The van der Waals surface area contributed by atoms with Crippen LogP contribution in [0, 0.1) is 0 Å². The van der Waals surface area contributed by atoms with E-state index in [-0.39, 0.29) is 0 Å². The SMILES string of the molecule is CCNC(=NCc1ccc(N2CCCCCC2)nc1)NCc1c(CC)noc1CC. The summed E-state index contributed by atoms with van der Waals surface area (Å²) < 4.78 is 5.46. The smallest absolute Gasteiger partial charge is 0.191 e. The van der Waals surface area contributed by atoms with Crippen LogP contribution in [0.1, 0.15) is 69.0 Å². The van der Waals surface area contributed by atoms with E-state index in [1.807, 2.05) is 6.20 Å². The summed E-state index contributed by atoms with van der Waals surface area (Å²) in [5.41, 5.74) is 3.27. The quantitative estimate of drug-likeness (QED) is 0.507. The van der Waals surface area contributed by atoms with Crippen molar-refractivity contribution in [3.05, 3.63) is 40.9 Å². The van der Waals surface area contributed by atoms with Gasteiger partial charge in [0.05, 0.1) is 12.2 Å². The maximum Gasteiger partial charge on any atom is 0.191 e. The molecule has 7 heteroatoms. The summed E-state index contributed by atoms with van der Waals surface area (Å²) in [5.74, 6) is 2.82. The molecule has 2 aromatic rings. The highest BCUT2D eigenvalue weighted by molar-refractivity contribution is 5.79. The van der Waals surface area contributed by atoms with Crippen LogP contribution in [0.15, 0.2) is 27.8 Å². The van der Waals surface area contributed by atoms with Crippen molar-refractivity contribution in [2.45, 2.75) is 72.4 Å². The second kappa shape index (κ2) is 11.6. The molecule has 3 rings (SSSR count). The van der Waals surface area contributed by atoms with E-state index in [1.54, 1.807) is 0 Å². The van der Waals surface area contributed by atoms with E-state index in [9.17, 15) is 0 Å². The molecule has 2 N–H and O–H groups in total. The van der Waals surface area contributed by atoms with Crippen LogP contribution in [-0.4, -0.2) is 35.7 Å². The Labute approximate surface area is 180 Å². The summed E-state index contributed by atoms with van der Waals surface area (Å²) in [6.07, 6.45) is 8.84. The summed E-state index contributed by atoms with van der Waals surface area (Å²) in [7, 11) is 0. The molecule has 0 atom stereocenters. The van der Waals surface area contributed by atoms with E-state index < -0.39 is 0 Å². The lowest BCUT2D eigenvalue weighted by Gasteiger charge is -2.21. The Hall–Kier alpha value is -2.57. The van der Waals surface area contributed by atoms with Crippen LogP contribution in [-0.2, 0) is 25.9 Å². The molecule has 0 saturated carbocycles. The zero-order valence-corrected chi connectivity index (χ0v) is 18.7. The third-order valence-corrected chi connectivity index (χ3v) is 5.54. The van der Waals surface area contributed by atoms with Gasteiger partial charge in [0.1, 0.15) is 11.6 Å². The van der Waals surface area contributed by atoms with Gasteiger partial charge in [-0.25, -0.2) is 9.98 Å². The second-order valence-corrected chi connectivity index (χ2v) is 7.71. The van der Waals surface area contributed by atoms with Crippen LogP contribution < -0.4 is 15.5 Å². The van der Waals surface area contributed by atoms with Crippen molar-refractivity contribution in [3.63, 3.8) is 0 Å². The van der Waals surface area contributed by atoms with Crippen molar-refractivity contribution >= 4 is 11.8 Å². The first-order valence-corrected chi connectivity index (χ1v) is 11.4. The number of aryl methyl sites for hydroxylation is 2. The molecule has 0 bridgehead atoms. The number of rotatable bonds is 8. The van der Waals surface area contributed by atoms with E-state index in [0.29, 0.717) is 13.1 Å². The number of nitrogens with zero attached hydrogens (tertiary/aromatic N) is 4. The Morgan fingerprint density at radius 3 is 2.50 bits per heavy atom. The van der Waals surface area contributed by atoms with Crippen LogP contribution in [0.5, 0.6) is 0 Å². The van der Waals surface area contributed by atoms with Crippen molar-refractivity contribution < 1.29 is 4.52 Å². The van der Waals surface area contributed by atoms with Crippen LogP contribution in [0.3, 0.4) is 0 Å². The Morgan fingerprint density at radius 1 is 1.07 bits per heavy atom. The Bertz CT molecular complexity index is 769. The first-order chi connectivity index (χ1) is 14.7. The zero-order chi connectivity index (χ0) is 21.2. The molecule has 0 amide bonds. The lowest BCUT2D eigenvalue weighted by atomic mass is 10.1. The molecule has 2 aromatic heterocycles. The van der Waals surface area contributed by atoms with E-state index in [2.05, 4.69) is 53.6 Å². The summed E-state index contributed by atoms with van der Waals surface area (Å²) in [6, 6.07) is 4.28. The topological polar surface area (TPSA) is 78.6 Å². The molecular formula is C23H36N6O. The highest BCUT2D eigenvalue weighted by Crippen LogP contribution is 2.18. The van der Waals surface area contributed by atoms with Gasteiger partial charge in [-0.15, -0.1) is 0 Å². The molecule has 0 unspecified atom stereocenters. The van der Waals surface area contributed by atoms with Crippen molar-refractivity contribution in [1.82, 2.24) is 20.8 Å². The van der Waals surface area contributed by atoms with E-state index in [4.69, 9.17) is 14.5 Å². The molecule has 0 spiro atoms. The van der Waals surface area contributed by atoms with Gasteiger partial charge in [0.25, 0.3) is 0 Å². The van der Waals surface area contributed by atoms with Gasteiger partial charge in [-0.3, -0.25) is 0 Å². The highest BCUT2D eigenvalue weighted by Gasteiger charge is 2.14. The lowest BCUT2D eigenvalue weighted by molar-refractivity contribution is 0.380. The Morgan fingerprint density at radius 2 is 1.87 bits per heavy atom. The zero-order valence-electron chi connectivity index (χ0n) is 18.7. The summed E-state index contributed by atoms with van der Waals surface area (Å²) in [4.78, 5) is 11.8. The maximum atomic E-state index is 5.46. The number of anilines is 1. The minimum atomic E-state index is 0.591. The molecule has 0 aliphatic carbocycles. The summed E-state index contributed by atoms with van der Waals surface area (Å²) in [6.45, 7) is 10.5. The molecule has 1 fully saturated rings. The van der Waals surface area contributed by atoms with E-state index in [1.165, 1.54) is 25.7 Å². The van der Waals surface area contributed by atoms with Crippen LogP contribution in [0.4, 0.5) is 5.82 Å². The van der Waals surface area contributed by atoms with Crippen molar-refractivity contribution in [1.29, 1.82) is 0 Å². The first kappa shape index (κ1) is 22.1. The molecule has 1 aliphatic rings. The number of nitrogens with one attached hydrogen (secondary N) is 2. The van der Waals surface area contributed by atoms with Crippen LogP contribution >= 0.6 is 0 Å². The minimum Gasteiger partial charge on any atom is -0.361 e. The number of aliphatic imine (C=N–C) groups is 1. The lowest BCUT2D eigenvalue weighted by Crippen LogP contribution is -2.37. The van der Waals surface area contributed by atoms with Gasteiger partial charge in [0, 0.05) is 44.4 Å². The van der Waals surface area contributed by atoms with Gasteiger partial charge < -0.3 is 20.1 Å². The van der Waals surface area contributed by atoms with Crippen molar-refractivity contribution in [2.24, 2.45) is 4.99 Å². The maximum absolute atomic E-state index is 5.46. The van der Waals surface area contributed by atoms with E-state index >= 15 is 0 Å². The van der Waals surface area contributed by atoms with Crippen LogP contribution in [0.25, 0.3) is 0 Å². The molecule has 164 valence electrons. The molecule has 1 aliphatic heterocycles. The van der Waals surface area contributed by atoms with Gasteiger partial charge in [0.15, 0.2) is 5.96 Å². The fourth-order valence-corrected chi connectivity index (χ4v) is 3.82. The summed E-state index contributed by atoms with van der Waals surface area (Å²) >= 11 is 0. The van der Waals surface area contributed by atoms with Gasteiger partial charge in [-0.1, -0.05) is 37.9 Å². The predicted molar refractivity (Wildman–Crippen MR) is 122 cm³/mol. The number of aromatic nitrogens is 2. The Balaban J connectivity index is 1.61. The second-order valence-electron chi connectivity index (χ2n) is 7.71. The molecule has 3 heterocycles. The number of guanidine groups is 1. The predicted octanol–water partition coefficient (Wildman–Crippen LogP) is 3.83.